The van der Waals surface area contributed by atoms with Gasteiger partial charge in [-0.3, -0.25) is 4.79 Å². The van der Waals surface area contributed by atoms with Gasteiger partial charge in [0.05, 0.1) is 12.6 Å². The van der Waals surface area contributed by atoms with Crippen LogP contribution in [0.4, 0.5) is 11.4 Å². The lowest BCUT2D eigenvalue weighted by Gasteiger charge is -2.37. The number of carbonyl (C=O) groups excluding carboxylic acids is 1. The molecule has 2 atom stereocenters. The molecule has 41 heavy (non-hydrogen) atoms. The van der Waals surface area contributed by atoms with Crippen molar-refractivity contribution < 1.29 is 9.53 Å². The molecular weight excluding hydrogens is 504 g/mol. The molecule has 0 saturated carbocycles. The third kappa shape index (κ3) is 5.24. The maximum Gasteiger partial charge on any atom is 0.162 e. The maximum atomic E-state index is 14.1. The number of Topliss-reactive ketones (excluding diaryl/α,β-unsaturated/α-hetero) is 1. The molecule has 4 aromatic rings. The van der Waals surface area contributed by atoms with Gasteiger partial charge in [-0.05, 0) is 90.4 Å². The fourth-order valence-corrected chi connectivity index (χ4v) is 6.57. The van der Waals surface area contributed by atoms with Crippen molar-refractivity contribution in [2.45, 2.75) is 58.4 Å². The first-order valence-electron chi connectivity index (χ1n) is 15.2. The third-order valence-corrected chi connectivity index (χ3v) is 8.80. The molecule has 1 aliphatic carbocycles. The summed E-state index contributed by atoms with van der Waals surface area (Å²) in [5.41, 5.74) is 7.96. The molecule has 2 aliphatic rings. The van der Waals surface area contributed by atoms with Crippen LogP contribution in [0.2, 0.25) is 0 Å². The lowest BCUT2D eigenvalue weighted by atomic mass is 9.71. The number of rotatable bonds is 9. The molecule has 0 saturated heterocycles. The van der Waals surface area contributed by atoms with Crippen LogP contribution >= 0.6 is 0 Å². The summed E-state index contributed by atoms with van der Waals surface area (Å²) in [7, 11) is 0. The molecule has 0 radical (unpaired) electrons. The van der Waals surface area contributed by atoms with Gasteiger partial charge in [0, 0.05) is 42.0 Å². The van der Waals surface area contributed by atoms with E-state index in [9.17, 15) is 4.79 Å². The van der Waals surface area contributed by atoms with Crippen molar-refractivity contribution in [2.24, 2.45) is 0 Å². The highest BCUT2D eigenvalue weighted by Crippen LogP contribution is 2.51. The minimum absolute atomic E-state index is 0.140. The van der Waals surface area contributed by atoms with Gasteiger partial charge in [0.2, 0.25) is 0 Å². The molecule has 0 bridgehead atoms. The highest BCUT2D eigenvalue weighted by Gasteiger charge is 2.38. The first-order valence-corrected chi connectivity index (χ1v) is 15.2. The van der Waals surface area contributed by atoms with Crippen LogP contribution in [0.15, 0.2) is 90.5 Å². The molecular formula is C37H40N2O2. The predicted octanol–water partition coefficient (Wildman–Crippen LogP) is 8.93. The van der Waals surface area contributed by atoms with Crippen LogP contribution in [0, 0.1) is 0 Å². The van der Waals surface area contributed by atoms with E-state index in [0.717, 1.165) is 61.5 Å². The molecule has 4 aromatic carbocycles. The molecule has 4 heteroatoms. The molecule has 1 N–H and O–H groups in total. The summed E-state index contributed by atoms with van der Waals surface area (Å²) < 4.78 is 5.90. The van der Waals surface area contributed by atoms with E-state index in [0.29, 0.717) is 6.42 Å². The van der Waals surface area contributed by atoms with E-state index in [-0.39, 0.29) is 17.7 Å². The van der Waals surface area contributed by atoms with Gasteiger partial charge in [-0.1, -0.05) is 67.9 Å². The maximum absolute atomic E-state index is 14.1. The highest BCUT2D eigenvalue weighted by atomic mass is 16.5. The predicted molar refractivity (Wildman–Crippen MR) is 171 cm³/mol. The molecule has 1 heterocycles. The second-order valence-corrected chi connectivity index (χ2v) is 11.2. The largest absolute Gasteiger partial charge is 0.494 e. The SMILES string of the molecule is CCCCOc1ccc([C@@H]2CC(=O)C3=C(C2)c2c(ccc4ccccc24)N[C@H]3c2ccc(N(CC)CC)cc2)cc1. The van der Waals surface area contributed by atoms with Gasteiger partial charge in [-0.2, -0.15) is 0 Å². The Balaban J connectivity index is 1.40. The van der Waals surface area contributed by atoms with E-state index < -0.39 is 0 Å². The number of hydrogen-bond donors (Lipinski definition) is 1. The Bertz CT molecular complexity index is 1570. The summed E-state index contributed by atoms with van der Waals surface area (Å²) in [6.45, 7) is 9.22. The molecule has 210 valence electrons. The average molecular weight is 545 g/mol. The minimum atomic E-state index is -0.160. The van der Waals surface area contributed by atoms with Crippen LogP contribution in [0.5, 0.6) is 5.75 Å². The number of carbonyl (C=O) groups is 1. The number of nitrogens with one attached hydrogen (secondary N) is 1. The van der Waals surface area contributed by atoms with Crippen LogP contribution in [-0.2, 0) is 4.79 Å². The Morgan fingerprint density at radius 2 is 1.56 bits per heavy atom. The summed E-state index contributed by atoms with van der Waals surface area (Å²) in [5, 5.41) is 6.19. The normalized spacial score (nSPS) is 18.1. The monoisotopic (exact) mass is 544 g/mol. The van der Waals surface area contributed by atoms with E-state index in [4.69, 9.17) is 4.74 Å². The van der Waals surface area contributed by atoms with Crippen LogP contribution in [0.25, 0.3) is 16.3 Å². The number of ether oxygens (including phenoxy) is 1. The molecule has 1 aliphatic heterocycles. The van der Waals surface area contributed by atoms with Gasteiger partial charge >= 0.3 is 0 Å². The fourth-order valence-electron chi connectivity index (χ4n) is 6.57. The van der Waals surface area contributed by atoms with E-state index in [1.165, 1.54) is 33.2 Å². The van der Waals surface area contributed by atoms with Crippen LogP contribution in [0.3, 0.4) is 0 Å². The molecule has 0 unspecified atom stereocenters. The number of anilines is 2. The van der Waals surface area contributed by atoms with Crippen molar-refractivity contribution in [3.63, 3.8) is 0 Å². The number of benzene rings is 4. The third-order valence-electron chi connectivity index (χ3n) is 8.80. The lowest BCUT2D eigenvalue weighted by Crippen LogP contribution is -2.29. The molecule has 4 nitrogen and oxygen atoms in total. The van der Waals surface area contributed by atoms with Gasteiger partial charge in [-0.15, -0.1) is 0 Å². The molecule has 0 aromatic heterocycles. The number of unbranched alkanes of at least 4 members (excludes halogenated alkanes) is 1. The molecule has 6 rings (SSSR count). The number of allylic oxidation sites excluding steroid dienone is 1. The molecule has 0 amide bonds. The Morgan fingerprint density at radius 3 is 2.29 bits per heavy atom. The van der Waals surface area contributed by atoms with Crippen molar-refractivity contribution in [3.8, 4) is 5.75 Å². The standard InChI is InChI=1S/C37H40N2O2/c1-4-7-22-41-30-19-14-25(15-20-30)28-23-32-35-31-11-9-8-10-26(31)16-21-33(35)38-37(36(32)34(40)24-28)27-12-17-29(18-13-27)39(5-2)6-3/h8-21,28,37-38H,4-7,22-24H2,1-3H3/t28-,37-/m0/s1. The number of hydrogen-bond acceptors (Lipinski definition) is 4. The van der Waals surface area contributed by atoms with Gasteiger partial charge in [0.1, 0.15) is 5.75 Å². The Kier molecular flexibility index (Phi) is 7.82. The Hall–Kier alpha value is -4.05. The second-order valence-electron chi connectivity index (χ2n) is 11.2. The van der Waals surface area contributed by atoms with Gasteiger partial charge in [-0.25, -0.2) is 0 Å². The van der Waals surface area contributed by atoms with Crippen molar-refractivity contribution in [1.82, 2.24) is 0 Å². The zero-order valence-corrected chi connectivity index (χ0v) is 24.5. The van der Waals surface area contributed by atoms with Crippen molar-refractivity contribution >= 4 is 33.5 Å². The van der Waals surface area contributed by atoms with Gasteiger partial charge in [0.25, 0.3) is 0 Å². The van der Waals surface area contributed by atoms with Gasteiger partial charge < -0.3 is 15.0 Å². The summed E-state index contributed by atoms with van der Waals surface area (Å²) in [4.78, 5) is 16.5. The zero-order chi connectivity index (χ0) is 28.3. The Labute approximate surface area is 244 Å². The zero-order valence-electron chi connectivity index (χ0n) is 24.5. The first kappa shape index (κ1) is 27.1. The van der Waals surface area contributed by atoms with Crippen molar-refractivity contribution in [1.29, 1.82) is 0 Å². The van der Waals surface area contributed by atoms with Crippen molar-refractivity contribution in [2.75, 3.05) is 29.9 Å². The number of ketones is 1. The van der Waals surface area contributed by atoms with E-state index in [2.05, 4.69) is 116 Å². The summed E-state index contributed by atoms with van der Waals surface area (Å²) >= 11 is 0. The number of fused-ring (bicyclic) bond motifs is 4. The first-order chi connectivity index (χ1) is 20.1. The smallest absolute Gasteiger partial charge is 0.162 e. The second kappa shape index (κ2) is 11.8. The summed E-state index contributed by atoms with van der Waals surface area (Å²) in [6.07, 6.45) is 3.53. The van der Waals surface area contributed by atoms with Crippen molar-refractivity contribution in [3.05, 3.63) is 107 Å². The molecule has 0 spiro atoms. The quantitative estimate of drug-likeness (QED) is 0.214. The minimum Gasteiger partial charge on any atom is -0.494 e. The summed E-state index contributed by atoms with van der Waals surface area (Å²) in [6, 6.07) is 29.9. The van der Waals surface area contributed by atoms with E-state index in [1.807, 2.05) is 0 Å². The van der Waals surface area contributed by atoms with Crippen LogP contribution < -0.4 is 15.0 Å². The van der Waals surface area contributed by atoms with E-state index >= 15 is 0 Å². The topological polar surface area (TPSA) is 41.6 Å². The van der Waals surface area contributed by atoms with Gasteiger partial charge in [0.15, 0.2) is 5.78 Å². The van der Waals surface area contributed by atoms with Crippen LogP contribution in [0.1, 0.15) is 75.1 Å². The number of nitrogens with zero attached hydrogens (tertiary/aromatic N) is 1. The lowest BCUT2D eigenvalue weighted by molar-refractivity contribution is -0.116. The van der Waals surface area contributed by atoms with Crippen LogP contribution in [-0.4, -0.2) is 25.5 Å². The molecule has 0 fully saturated rings. The highest BCUT2D eigenvalue weighted by molar-refractivity contribution is 6.13. The summed E-state index contributed by atoms with van der Waals surface area (Å²) in [5.74, 6) is 1.28. The Morgan fingerprint density at radius 1 is 0.829 bits per heavy atom. The average Bonchev–Trinajstić information content (AvgIpc) is 3.01. The van der Waals surface area contributed by atoms with E-state index in [1.54, 1.807) is 0 Å². The fraction of sp³-hybridized carbons (Fsp3) is 0.324.